The summed E-state index contributed by atoms with van der Waals surface area (Å²) in [6.45, 7) is 5.85. The lowest BCUT2D eigenvalue weighted by atomic mass is 10.2. The number of thioether (sulfide) groups is 1. The van der Waals surface area contributed by atoms with Crippen molar-refractivity contribution in [2.24, 2.45) is 0 Å². The summed E-state index contributed by atoms with van der Waals surface area (Å²) >= 11 is 3.44. The molecule has 3 rings (SSSR count). The first kappa shape index (κ1) is 21.1. The summed E-state index contributed by atoms with van der Waals surface area (Å²) < 4.78 is 34.8. The normalized spacial score (nSPS) is 16.0. The minimum absolute atomic E-state index is 0.303. The van der Waals surface area contributed by atoms with Gasteiger partial charge in [0.05, 0.1) is 26.2 Å². The van der Waals surface area contributed by atoms with Gasteiger partial charge in [-0.05, 0) is 50.5 Å². The molecule has 0 atom stereocenters. The first-order valence-corrected chi connectivity index (χ1v) is 12.5. The zero-order valence-corrected chi connectivity index (χ0v) is 18.4. The molecule has 0 saturated heterocycles. The van der Waals surface area contributed by atoms with Gasteiger partial charge in [0, 0.05) is 23.3 Å². The van der Waals surface area contributed by atoms with E-state index in [0.29, 0.717) is 19.4 Å². The van der Waals surface area contributed by atoms with Gasteiger partial charge in [-0.25, -0.2) is 8.42 Å². The van der Waals surface area contributed by atoms with Gasteiger partial charge >= 0.3 is 0 Å². The lowest BCUT2D eigenvalue weighted by molar-refractivity contribution is -0.690. The quantitative estimate of drug-likeness (QED) is 0.352. The van der Waals surface area contributed by atoms with Crippen molar-refractivity contribution in [3.8, 4) is 0 Å². The predicted molar refractivity (Wildman–Crippen MR) is 115 cm³/mol. The Kier molecular flexibility index (Phi) is 6.98. The molecule has 8 heteroatoms. The highest BCUT2D eigenvalue weighted by Crippen LogP contribution is 2.46. The molecule has 0 bridgehead atoms. The van der Waals surface area contributed by atoms with Crippen molar-refractivity contribution in [2.75, 3.05) is 17.2 Å². The smallest absolute Gasteiger partial charge is 0.261 e. The van der Waals surface area contributed by atoms with E-state index in [1.807, 2.05) is 12.1 Å². The van der Waals surface area contributed by atoms with Gasteiger partial charge in [0.25, 0.3) is 5.01 Å². The minimum atomic E-state index is -4.15. The van der Waals surface area contributed by atoms with Gasteiger partial charge < -0.3 is 9.45 Å². The molecule has 28 heavy (non-hydrogen) atoms. The minimum Gasteiger partial charge on any atom is -0.748 e. The molecule has 1 aliphatic rings. The van der Waals surface area contributed by atoms with Crippen molar-refractivity contribution in [2.45, 2.75) is 38.1 Å². The van der Waals surface area contributed by atoms with Gasteiger partial charge in [-0.1, -0.05) is 35.2 Å². The zero-order chi connectivity index (χ0) is 20.1. The second-order valence-electron chi connectivity index (χ2n) is 6.59. The average molecular weight is 437 g/mol. The average Bonchev–Trinajstić information content (AvgIpc) is 3.21. The van der Waals surface area contributed by atoms with Gasteiger partial charge in [0.15, 0.2) is 6.20 Å². The summed E-state index contributed by atoms with van der Waals surface area (Å²) in [4.78, 5) is 3.41. The third kappa shape index (κ3) is 5.47. The maximum atomic E-state index is 10.8. The monoisotopic (exact) mass is 436 g/mol. The Hall–Kier alpha value is -1.61. The van der Waals surface area contributed by atoms with Gasteiger partial charge in [-0.3, -0.25) is 0 Å². The van der Waals surface area contributed by atoms with E-state index in [4.69, 9.17) is 0 Å². The first-order valence-electron chi connectivity index (χ1n) is 9.22. The summed E-state index contributed by atoms with van der Waals surface area (Å²) in [6, 6.07) is 8.21. The summed E-state index contributed by atoms with van der Waals surface area (Å²) in [7, 11) is -4.15. The SMILES string of the molecule is CC[n+]1ccsc1/C=C(C)/C=C1\Sc2ccccc2N1CCCCS(=O)(=O)[O-]. The van der Waals surface area contributed by atoms with Crippen molar-refractivity contribution in [1.82, 2.24) is 0 Å². The number of anilines is 1. The summed E-state index contributed by atoms with van der Waals surface area (Å²) in [6.07, 6.45) is 7.48. The van der Waals surface area contributed by atoms with E-state index in [-0.39, 0.29) is 5.75 Å². The van der Waals surface area contributed by atoms with Crippen molar-refractivity contribution in [1.29, 1.82) is 0 Å². The molecule has 2 heterocycles. The van der Waals surface area contributed by atoms with Crippen LogP contribution in [0.5, 0.6) is 0 Å². The van der Waals surface area contributed by atoms with Crippen molar-refractivity contribution in [3.63, 3.8) is 0 Å². The molecule has 0 unspecified atom stereocenters. The second kappa shape index (κ2) is 9.26. The third-order valence-electron chi connectivity index (χ3n) is 4.42. The number of benzene rings is 1. The van der Waals surface area contributed by atoms with Crippen LogP contribution < -0.4 is 9.47 Å². The summed E-state index contributed by atoms with van der Waals surface area (Å²) in [5.74, 6) is -0.303. The molecule has 5 nitrogen and oxygen atoms in total. The highest BCUT2D eigenvalue weighted by molar-refractivity contribution is 8.03. The number of unbranched alkanes of at least 4 members (excludes halogenated alkanes) is 1. The van der Waals surface area contributed by atoms with Crippen LogP contribution >= 0.6 is 23.1 Å². The summed E-state index contributed by atoms with van der Waals surface area (Å²) in [5, 5.41) is 4.43. The van der Waals surface area contributed by atoms with Gasteiger partial charge in [0.2, 0.25) is 0 Å². The van der Waals surface area contributed by atoms with Crippen LogP contribution in [-0.2, 0) is 16.7 Å². The van der Waals surface area contributed by atoms with E-state index in [1.54, 1.807) is 23.1 Å². The number of hydrogen-bond acceptors (Lipinski definition) is 6. The Bertz CT molecular complexity index is 994. The first-order chi connectivity index (χ1) is 13.4. The van der Waals surface area contributed by atoms with Crippen LogP contribution in [0, 0.1) is 0 Å². The maximum Gasteiger partial charge on any atom is 0.261 e. The Balaban J connectivity index is 1.79. The van der Waals surface area contributed by atoms with E-state index in [2.05, 4.69) is 59.2 Å². The highest BCUT2D eigenvalue weighted by Gasteiger charge is 2.24. The molecule has 0 N–H and O–H groups in total. The fourth-order valence-corrected chi connectivity index (χ4v) is 5.75. The Morgan fingerprint density at radius 1 is 1.29 bits per heavy atom. The van der Waals surface area contributed by atoms with Crippen molar-refractivity contribution in [3.05, 3.63) is 57.5 Å². The predicted octanol–water partition coefficient (Wildman–Crippen LogP) is 4.24. The largest absolute Gasteiger partial charge is 0.748 e. The van der Waals surface area contributed by atoms with Gasteiger partial charge in [0.1, 0.15) is 6.54 Å². The van der Waals surface area contributed by atoms with E-state index in [0.717, 1.165) is 22.8 Å². The molecule has 150 valence electrons. The van der Waals surface area contributed by atoms with Crippen LogP contribution in [-0.4, -0.2) is 25.3 Å². The molecule has 1 aliphatic heterocycles. The number of thiazole rings is 1. The zero-order valence-electron chi connectivity index (χ0n) is 16.0. The fourth-order valence-electron chi connectivity index (χ4n) is 3.06. The summed E-state index contributed by atoms with van der Waals surface area (Å²) in [5.41, 5.74) is 2.29. The standard InChI is InChI=1S/C20H24N2O3S3/c1-3-21-11-12-26-19(21)14-16(2)15-20-22(10-6-7-13-28(23,24)25)17-8-4-5-9-18(17)27-20/h4-5,8-9,11-12,14-15H,3,6-7,10,13H2,1-2H3. The Morgan fingerprint density at radius 2 is 2.07 bits per heavy atom. The van der Waals surface area contributed by atoms with E-state index in [1.165, 1.54) is 9.90 Å². The highest BCUT2D eigenvalue weighted by atomic mass is 32.2. The van der Waals surface area contributed by atoms with Crippen LogP contribution in [0.15, 0.2) is 57.4 Å². The lowest BCUT2D eigenvalue weighted by Gasteiger charge is -2.21. The number of aryl methyl sites for hydroxylation is 1. The number of nitrogens with zero attached hydrogens (tertiary/aromatic N) is 2. The Labute approximate surface area is 175 Å². The lowest BCUT2D eigenvalue weighted by Crippen LogP contribution is -2.31. The molecule has 1 aromatic heterocycles. The number of para-hydroxylation sites is 1. The number of aromatic nitrogens is 1. The third-order valence-corrected chi connectivity index (χ3v) is 7.17. The van der Waals surface area contributed by atoms with Crippen LogP contribution in [0.25, 0.3) is 6.08 Å². The fraction of sp³-hybridized carbons (Fsp3) is 0.350. The number of fused-ring (bicyclic) bond motifs is 1. The van der Waals surface area contributed by atoms with Crippen LogP contribution in [0.2, 0.25) is 0 Å². The van der Waals surface area contributed by atoms with E-state index < -0.39 is 10.1 Å². The number of allylic oxidation sites excluding steroid dienone is 2. The molecule has 0 amide bonds. The molecule has 0 fully saturated rings. The Morgan fingerprint density at radius 3 is 2.82 bits per heavy atom. The molecule has 0 spiro atoms. The molecular formula is C20H24N2O3S3. The van der Waals surface area contributed by atoms with Gasteiger partial charge in [-0.2, -0.15) is 4.57 Å². The number of rotatable bonds is 8. The number of hydrogen-bond donors (Lipinski definition) is 0. The van der Waals surface area contributed by atoms with Crippen LogP contribution in [0.1, 0.15) is 31.7 Å². The van der Waals surface area contributed by atoms with Crippen LogP contribution in [0.4, 0.5) is 5.69 Å². The molecule has 0 radical (unpaired) electrons. The molecule has 1 aromatic carbocycles. The van der Waals surface area contributed by atoms with Crippen LogP contribution in [0.3, 0.4) is 0 Å². The van der Waals surface area contributed by atoms with Crippen molar-refractivity contribution < 1.29 is 17.5 Å². The topological polar surface area (TPSA) is 64.3 Å². The van der Waals surface area contributed by atoms with Gasteiger partial charge in [-0.15, -0.1) is 0 Å². The van der Waals surface area contributed by atoms with E-state index >= 15 is 0 Å². The molecule has 2 aromatic rings. The maximum absolute atomic E-state index is 10.8. The molecule has 0 saturated carbocycles. The molecule has 0 aliphatic carbocycles. The second-order valence-corrected chi connectivity index (χ2v) is 10.1. The van der Waals surface area contributed by atoms with Crippen molar-refractivity contribution >= 4 is 45.0 Å². The molecular weight excluding hydrogens is 412 g/mol. The van der Waals surface area contributed by atoms with E-state index in [9.17, 15) is 13.0 Å².